The number of nitriles is 1. The average molecular weight is 435 g/mol. The molecule has 1 amide bonds. The first-order valence-corrected chi connectivity index (χ1v) is 10.8. The highest BCUT2D eigenvalue weighted by Crippen LogP contribution is 2.48. The highest BCUT2D eigenvalue weighted by atomic mass is 32.2. The minimum absolute atomic E-state index is 0.0890. The Morgan fingerprint density at radius 2 is 1.97 bits per heavy atom. The van der Waals surface area contributed by atoms with Crippen LogP contribution in [-0.2, 0) is 28.0 Å². The Kier molecular flexibility index (Phi) is 4.43. The maximum Gasteiger partial charge on any atom is 0.416 e. The lowest BCUT2D eigenvalue weighted by Gasteiger charge is -2.20. The van der Waals surface area contributed by atoms with E-state index in [-0.39, 0.29) is 28.6 Å². The first-order chi connectivity index (χ1) is 14.0. The van der Waals surface area contributed by atoms with Crippen LogP contribution in [0.4, 0.5) is 19.0 Å². The lowest BCUT2D eigenvalue weighted by atomic mass is 10.00. The summed E-state index contributed by atoms with van der Waals surface area (Å²) in [6.07, 6.45) is -2.05. The van der Waals surface area contributed by atoms with E-state index in [1.807, 2.05) is 0 Å². The van der Waals surface area contributed by atoms with Gasteiger partial charge in [0, 0.05) is 11.8 Å². The van der Waals surface area contributed by atoms with E-state index in [1.54, 1.807) is 0 Å². The molecule has 0 spiro atoms. The minimum Gasteiger partial charge on any atom is -0.287 e. The highest BCUT2D eigenvalue weighted by Gasteiger charge is 2.46. The van der Waals surface area contributed by atoms with Crippen molar-refractivity contribution >= 4 is 21.6 Å². The van der Waals surface area contributed by atoms with Crippen molar-refractivity contribution in [3.05, 3.63) is 52.7 Å². The molecule has 30 heavy (non-hydrogen) atoms. The van der Waals surface area contributed by atoms with Gasteiger partial charge >= 0.3 is 6.18 Å². The van der Waals surface area contributed by atoms with Gasteiger partial charge in [0.1, 0.15) is 4.90 Å². The molecule has 0 N–H and O–H groups in total. The maximum absolute atomic E-state index is 13.0. The van der Waals surface area contributed by atoms with Crippen LogP contribution < -0.4 is 4.90 Å². The third kappa shape index (κ3) is 3.13. The lowest BCUT2D eigenvalue weighted by molar-refractivity contribution is -0.137. The normalized spacial score (nSPS) is 17.6. The van der Waals surface area contributed by atoms with E-state index in [4.69, 9.17) is 0 Å². The van der Waals surface area contributed by atoms with Crippen molar-refractivity contribution in [1.29, 1.82) is 5.26 Å². The number of carbonyl (C=O) groups is 1. The number of rotatable bonds is 4. The van der Waals surface area contributed by atoms with Crippen LogP contribution in [0.3, 0.4) is 0 Å². The summed E-state index contributed by atoms with van der Waals surface area (Å²) in [5.74, 6) is -1.13. The molecule has 0 bridgehead atoms. The van der Waals surface area contributed by atoms with Gasteiger partial charge in [0.05, 0.1) is 29.3 Å². The SMILES string of the molecule is CCS(=O)(=O)c1cc(C2(C#N)CC2)cnc1N1Cc2ccc(C(F)(F)F)cc2C1=O. The average Bonchev–Trinajstić information content (AvgIpc) is 3.45. The third-order valence-corrected chi connectivity index (χ3v) is 7.29. The molecule has 4 rings (SSSR count). The van der Waals surface area contributed by atoms with Crippen LogP contribution >= 0.6 is 0 Å². The smallest absolute Gasteiger partial charge is 0.287 e. The van der Waals surface area contributed by atoms with E-state index in [0.717, 1.165) is 17.0 Å². The zero-order chi connectivity index (χ0) is 21.9. The second kappa shape index (κ2) is 6.54. The molecule has 2 aliphatic rings. The van der Waals surface area contributed by atoms with Gasteiger partial charge in [0.15, 0.2) is 15.7 Å². The van der Waals surface area contributed by atoms with Gasteiger partial charge in [-0.1, -0.05) is 13.0 Å². The molecule has 0 saturated heterocycles. The molecule has 6 nitrogen and oxygen atoms in total. The molecule has 0 atom stereocenters. The quantitative estimate of drug-likeness (QED) is 0.732. The zero-order valence-corrected chi connectivity index (χ0v) is 16.6. The van der Waals surface area contributed by atoms with Gasteiger partial charge in [-0.15, -0.1) is 0 Å². The van der Waals surface area contributed by atoms with Crippen LogP contribution in [0.1, 0.15) is 46.8 Å². The summed E-state index contributed by atoms with van der Waals surface area (Å²) in [7, 11) is -3.82. The van der Waals surface area contributed by atoms with Gasteiger partial charge in [-0.05, 0) is 42.2 Å². The first-order valence-electron chi connectivity index (χ1n) is 9.19. The van der Waals surface area contributed by atoms with E-state index in [1.165, 1.54) is 25.3 Å². The second-order valence-corrected chi connectivity index (χ2v) is 9.65. The molecule has 1 aliphatic heterocycles. The predicted octanol–water partition coefficient (Wildman–Crippen LogP) is 3.61. The Labute approximate surface area is 170 Å². The molecule has 0 radical (unpaired) electrons. The van der Waals surface area contributed by atoms with Crippen molar-refractivity contribution in [3.8, 4) is 6.07 Å². The van der Waals surface area contributed by atoms with Crippen LogP contribution in [0.2, 0.25) is 0 Å². The summed E-state index contributed by atoms with van der Waals surface area (Å²) >= 11 is 0. The third-order valence-electron chi connectivity index (χ3n) is 5.56. The maximum atomic E-state index is 13.0. The fourth-order valence-electron chi connectivity index (χ4n) is 3.52. The van der Waals surface area contributed by atoms with Gasteiger partial charge in [0.2, 0.25) is 0 Å². The van der Waals surface area contributed by atoms with E-state index in [9.17, 15) is 31.6 Å². The molecule has 1 aliphatic carbocycles. The summed E-state index contributed by atoms with van der Waals surface area (Å²) in [6, 6.07) is 6.42. The molecular formula is C20H16F3N3O3S. The fraction of sp³-hybridized carbons (Fsp3) is 0.350. The van der Waals surface area contributed by atoms with Crippen molar-refractivity contribution in [2.75, 3.05) is 10.7 Å². The molecule has 1 fully saturated rings. The molecule has 0 unspecified atom stereocenters. The number of amides is 1. The van der Waals surface area contributed by atoms with E-state index in [2.05, 4.69) is 11.1 Å². The van der Waals surface area contributed by atoms with E-state index >= 15 is 0 Å². The molecule has 156 valence electrons. The fourth-order valence-corrected chi connectivity index (χ4v) is 4.58. The van der Waals surface area contributed by atoms with E-state index < -0.39 is 32.9 Å². The highest BCUT2D eigenvalue weighted by molar-refractivity contribution is 7.91. The summed E-state index contributed by atoms with van der Waals surface area (Å²) in [6.45, 7) is 1.35. The van der Waals surface area contributed by atoms with Crippen LogP contribution in [0.15, 0.2) is 35.4 Å². The van der Waals surface area contributed by atoms with Crippen LogP contribution in [-0.4, -0.2) is 25.1 Å². The molecule has 1 aromatic heterocycles. The number of hydrogen-bond donors (Lipinski definition) is 0. The van der Waals surface area contributed by atoms with Crippen molar-refractivity contribution < 1.29 is 26.4 Å². The van der Waals surface area contributed by atoms with Crippen molar-refractivity contribution in [2.45, 2.75) is 42.8 Å². The monoisotopic (exact) mass is 435 g/mol. The van der Waals surface area contributed by atoms with Gasteiger partial charge in [0.25, 0.3) is 5.91 Å². The Morgan fingerprint density at radius 3 is 2.53 bits per heavy atom. The number of alkyl halides is 3. The number of pyridine rings is 1. The number of halogens is 3. The molecular weight excluding hydrogens is 419 g/mol. The van der Waals surface area contributed by atoms with Gasteiger partial charge in [-0.25, -0.2) is 13.4 Å². The summed E-state index contributed by atoms with van der Waals surface area (Å²) in [5, 5.41) is 9.41. The summed E-state index contributed by atoms with van der Waals surface area (Å²) < 4.78 is 64.5. The standard InChI is InChI=1S/C20H16F3N3O3S/c1-2-30(28,29)16-8-14(19(11-24)5-6-19)9-25-17(16)26-10-12-3-4-13(20(21,22)23)7-15(12)18(26)27/h3-4,7-9H,2,5-6,10H2,1H3. The number of sulfone groups is 1. The number of hydrogen-bond acceptors (Lipinski definition) is 5. The Hall–Kier alpha value is -2.93. The Bertz CT molecular complexity index is 1210. The molecule has 1 aromatic carbocycles. The van der Waals surface area contributed by atoms with Gasteiger partial charge in [-0.3, -0.25) is 9.69 Å². The number of carbonyl (C=O) groups excluding carboxylic acids is 1. The van der Waals surface area contributed by atoms with Crippen LogP contribution in [0.25, 0.3) is 0 Å². The Balaban J connectivity index is 1.81. The van der Waals surface area contributed by atoms with Crippen LogP contribution in [0.5, 0.6) is 0 Å². The number of aromatic nitrogens is 1. The second-order valence-electron chi connectivity index (χ2n) is 7.40. The van der Waals surface area contributed by atoms with Crippen molar-refractivity contribution in [1.82, 2.24) is 4.98 Å². The van der Waals surface area contributed by atoms with E-state index in [0.29, 0.717) is 24.0 Å². The molecule has 2 aromatic rings. The largest absolute Gasteiger partial charge is 0.416 e. The lowest BCUT2D eigenvalue weighted by Crippen LogP contribution is -2.27. The molecule has 10 heteroatoms. The summed E-state index contributed by atoms with van der Waals surface area (Å²) in [5.41, 5.74) is -1.04. The van der Waals surface area contributed by atoms with Crippen molar-refractivity contribution in [3.63, 3.8) is 0 Å². The molecule has 2 heterocycles. The first kappa shape index (κ1) is 20.3. The zero-order valence-electron chi connectivity index (χ0n) is 15.8. The molecule has 1 saturated carbocycles. The van der Waals surface area contributed by atoms with Gasteiger partial charge < -0.3 is 0 Å². The number of benzene rings is 1. The van der Waals surface area contributed by atoms with Crippen LogP contribution in [0, 0.1) is 11.3 Å². The number of nitrogens with zero attached hydrogens (tertiary/aromatic N) is 3. The topological polar surface area (TPSA) is 91.1 Å². The predicted molar refractivity (Wildman–Crippen MR) is 100 cm³/mol. The number of anilines is 1. The van der Waals surface area contributed by atoms with Gasteiger partial charge in [-0.2, -0.15) is 18.4 Å². The van der Waals surface area contributed by atoms with Crippen molar-refractivity contribution in [2.24, 2.45) is 0 Å². The summed E-state index contributed by atoms with van der Waals surface area (Å²) in [4.78, 5) is 17.9. The minimum atomic E-state index is -4.60. The Morgan fingerprint density at radius 1 is 1.27 bits per heavy atom. The number of fused-ring (bicyclic) bond motifs is 1.